The Morgan fingerprint density at radius 2 is 1.09 bits per heavy atom. The maximum Gasteiger partial charge on any atom is 0.573 e. The third-order valence-electron chi connectivity index (χ3n) is 17.8. The van der Waals surface area contributed by atoms with Gasteiger partial charge in [0, 0.05) is 207 Å². The van der Waals surface area contributed by atoms with Crippen molar-refractivity contribution in [2.24, 2.45) is 0 Å². The van der Waals surface area contributed by atoms with Gasteiger partial charge in [0.15, 0.2) is 0 Å². The van der Waals surface area contributed by atoms with Crippen LogP contribution in [0.4, 0.5) is 35.9 Å². The van der Waals surface area contributed by atoms with Gasteiger partial charge in [-0.05, 0) is 87.1 Å². The molecule has 0 aliphatic carbocycles. The minimum absolute atomic E-state index is 0.00518. The molecule has 13 rings (SSSR count). The van der Waals surface area contributed by atoms with Crippen LogP contribution in [0.25, 0.3) is 43.6 Å². The second kappa shape index (κ2) is 26.0. The first-order valence-electron chi connectivity index (χ1n) is 28.9. The number of piperazine rings is 1. The van der Waals surface area contributed by atoms with Crippen molar-refractivity contribution in [2.45, 2.75) is 75.9 Å². The zero-order chi connectivity index (χ0) is 63.0. The minimum Gasteiger partial charge on any atom is -0.406 e. The van der Waals surface area contributed by atoms with Crippen LogP contribution in [-0.2, 0) is 29.6 Å². The molecule has 88 heavy (non-hydrogen) atoms. The highest BCUT2D eigenvalue weighted by atomic mass is 35.5. The van der Waals surface area contributed by atoms with E-state index in [9.17, 15) is 39.6 Å². The number of ether oxygens (including phenoxy) is 1. The molecule has 4 N–H and O–H groups in total. The number of amides is 2. The maximum atomic E-state index is 12.5. The number of likely N-dealkylation sites (N-methyl/N-ethyl adjacent to an activating group) is 2. The lowest BCUT2D eigenvalue weighted by Gasteiger charge is -2.44. The number of hydrogen-bond donors (Lipinski definition) is 4. The molecule has 2 amide bonds. The number of alkyl halides is 3. The predicted octanol–water partition coefficient (Wildman–Crippen LogP) is 9.91. The fraction of sp³-hybridized carbons (Fsp3) is 0.458. The molecule has 2 atom stereocenters. The van der Waals surface area contributed by atoms with Crippen molar-refractivity contribution in [1.29, 1.82) is 0 Å². The number of likely N-dealkylation sites (tertiary alicyclic amines) is 1. The summed E-state index contributed by atoms with van der Waals surface area (Å²) in [4.78, 5) is 41.9. The number of aromatic nitrogens is 6. The van der Waals surface area contributed by atoms with Gasteiger partial charge in [-0.1, -0.05) is 34.8 Å². The van der Waals surface area contributed by atoms with Gasteiger partial charge in [-0.15, -0.1) is 13.2 Å². The third-order valence-corrected chi connectivity index (χ3v) is 21.1. The number of nitrogens with zero attached hydrogens (tertiary/aromatic N) is 10. The Kier molecular flexibility index (Phi) is 19.0. The van der Waals surface area contributed by atoms with E-state index in [0.29, 0.717) is 72.8 Å². The Morgan fingerprint density at radius 1 is 0.625 bits per heavy atom. The molecule has 474 valence electrons. The largest absolute Gasteiger partial charge is 0.573 e. The highest BCUT2D eigenvalue weighted by Crippen LogP contribution is 2.42. The zero-order valence-corrected chi connectivity index (χ0v) is 53.6. The summed E-state index contributed by atoms with van der Waals surface area (Å²) in [6.45, 7) is 8.67. The normalized spacial score (nSPS) is 19.2. The SMILES string of the molecule is CC(=O)N1CCN(c2cc(OC(F)(F)F)cc3[nH]ccc23)CC1.CN(C1CCCN(c2cc(Cl)cc3[nH]ncc23)C1)S(C)(=O)=O.CN(C1CCN(c2cc(Cl)cc3[nH]ncc23)C1)S(C)(=O)=O.CN1C(=O)CCC12CCN(c1cc(Cl)cc3[nH]ccc13)CC2. The Balaban J connectivity index is 0.000000130. The van der Waals surface area contributed by atoms with E-state index in [0.717, 1.165) is 114 Å². The highest BCUT2D eigenvalue weighted by molar-refractivity contribution is 7.88. The maximum absolute atomic E-state index is 12.5. The summed E-state index contributed by atoms with van der Waals surface area (Å²) < 4.78 is 91.3. The summed E-state index contributed by atoms with van der Waals surface area (Å²) in [5.41, 5.74) is 7.39. The van der Waals surface area contributed by atoms with Gasteiger partial charge in [0.05, 0.1) is 41.5 Å². The van der Waals surface area contributed by atoms with Crippen LogP contribution in [0.3, 0.4) is 0 Å². The molecule has 8 aromatic rings. The Morgan fingerprint density at radius 3 is 1.58 bits per heavy atom. The van der Waals surface area contributed by atoms with Crippen LogP contribution in [0.15, 0.2) is 85.5 Å². The van der Waals surface area contributed by atoms with Crippen LogP contribution in [0, 0.1) is 0 Å². The number of piperidine rings is 2. The average molecular weight is 1320 g/mol. The topological polar surface area (TPSA) is 227 Å². The number of aromatic amines is 4. The van der Waals surface area contributed by atoms with E-state index in [2.05, 4.69) is 61.9 Å². The predicted molar refractivity (Wildman–Crippen MR) is 342 cm³/mol. The molecule has 5 aliphatic heterocycles. The van der Waals surface area contributed by atoms with Crippen molar-refractivity contribution in [3.63, 3.8) is 0 Å². The van der Waals surface area contributed by atoms with Crippen molar-refractivity contribution in [2.75, 3.05) is 119 Å². The van der Waals surface area contributed by atoms with Gasteiger partial charge in [-0.25, -0.2) is 25.4 Å². The minimum atomic E-state index is -4.73. The van der Waals surface area contributed by atoms with Crippen molar-refractivity contribution >= 4 is 133 Å². The summed E-state index contributed by atoms with van der Waals surface area (Å²) in [6.07, 6.45) is 11.3. The van der Waals surface area contributed by atoms with Gasteiger partial charge in [0.1, 0.15) is 5.75 Å². The highest BCUT2D eigenvalue weighted by Gasteiger charge is 2.45. The molecule has 4 aromatic heterocycles. The number of halogens is 6. The molecule has 1 spiro atoms. The van der Waals surface area contributed by atoms with Gasteiger partial charge in [0.25, 0.3) is 0 Å². The van der Waals surface area contributed by atoms with Crippen molar-refractivity contribution in [1.82, 2.24) is 48.8 Å². The molecule has 29 heteroatoms. The number of hydrogen-bond acceptors (Lipinski definition) is 13. The van der Waals surface area contributed by atoms with E-state index in [1.165, 1.54) is 51.3 Å². The third kappa shape index (κ3) is 14.5. The number of carbonyl (C=O) groups is 2. The lowest BCUT2D eigenvalue weighted by atomic mass is 9.85. The van der Waals surface area contributed by atoms with Crippen LogP contribution < -0.4 is 24.3 Å². The first-order chi connectivity index (χ1) is 41.6. The summed E-state index contributed by atoms with van der Waals surface area (Å²) >= 11 is 18.6. The number of carbonyl (C=O) groups excluding carboxylic acids is 2. The molecule has 0 saturated carbocycles. The Bertz CT molecular complexity index is 4050. The van der Waals surface area contributed by atoms with Crippen molar-refractivity contribution in [3.8, 4) is 5.75 Å². The lowest BCUT2D eigenvalue weighted by Crippen LogP contribution is -2.51. The first kappa shape index (κ1) is 64.3. The number of fused-ring (bicyclic) bond motifs is 4. The summed E-state index contributed by atoms with van der Waals surface area (Å²) in [5, 5.41) is 20.1. The van der Waals surface area contributed by atoms with Crippen LogP contribution in [0.1, 0.15) is 51.9 Å². The van der Waals surface area contributed by atoms with Gasteiger partial charge in [-0.3, -0.25) is 19.8 Å². The number of benzene rings is 4. The second-order valence-electron chi connectivity index (χ2n) is 23.2. The summed E-state index contributed by atoms with van der Waals surface area (Å²) in [6, 6.07) is 18.1. The van der Waals surface area contributed by atoms with Gasteiger partial charge < -0.3 is 44.1 Å². The zero-order valence-electron chi connectivity index (χ0n) is 49.7. The van der Waals surface area contributed by atoms with Crippen molar-refractivity contribution in [3.05, 3.63) is 101 Å². The second-order valence-corrected chi connectivity index (χ2v) is 28.5. The molecule has 4 aromatic carbocycles. The van der Waals surface area contributed by atoms with E-state index in [1.54, 1.807) is 37.6 Å². The van der Waals surface area contributed by atoms with E-state index in [4.69, 9.17) is 34.8 Å². The van der Waals surface area contributed by atoms with Crippen LogP contribution in [-0.4, -0.2) is 201 Å². The first-order valence-corrected chi connectivity index (χ1v) is 33.7. The van der Waals surface area contributed by atoms with E-state index >= 15 is 0 Å². The van der Waals surface area contributed by atoms with E-state index in [1.807, 2.05) is 59.4 Å². The molecular formula is C59H72Cl3F3N14O7S2. The van der Waals surface area contributed by atoms with Gasteiger partial charge >= 0.3 is 6.36 Å². The molecule has 0 radical (unpaired) electrons. The van der Waals surface area contributed by atoms with E-state index in [-0.39, 0.29) is 29.3 Å². The standard InChI is InChI=1S/C17H20ClN3O.C15H16F3N3O2.C14H19ClN4O2S.C13H17ClN4O2S/c1-20-16(22)2-4-17(20)5-8-21(9-6-17)15-11-12(18)10-14-13(15)3-7-19-14;1-10(22)20-4-6-21(7-5-20)14-9-11(23-15(16,17)18)8-13-12(14)2-3-19-13;1-18(22(2,20)21)11-4-3-5-19(9-11)14-7-10(15)6-13-12(14)8-16-17-13;1-17(21(2,19)20)10-3-4-18(8-10)13-6-9(14)5-12-11(13)7-15-16-12/h3,7,10-11,19H,2,4-6,8-9H2,1H3;2-3,8-9,19H,4-7H2,1H3;6-8,11H,3-5,9H2,1-2H3,(H,16,17);5-7,10H,3-4,8H2,1-2H3,(H,15,16). The van der Waals surface area contributed by atoms with E-state index < -0.39 is 26.4 Å². The number of anilines is 4. The quantitative estimate of drug-likeness (QED) is 0.106. The molecule has 21 nitrogen and oxygen atoms in total. The fourth-order valence-electron chi connectivity index (χ4n) is 12.7. The smallest absolute Gasteiger partial charge is 0.406 e. The number of nitrogens with one attached hydrogen (secondary N) is 4. The molecule has 5 fully saturated rings. The lowest BCUT2D eigenvalue weighted by molar-refractivity contribution is -0.274. The van der Waals surface area contributed by atoms with Gasteiger partial charge in [-0.2, -0.15) is 10.2 Å². The molecule has 2 unspecified atom stereocenters. The van der Waals surface area contributed by atoms with Crippen molar-refractivity contribution < 1.29 is 44.3 Å². The molecular weight excluding hydrogens is 1240 g/mol. The fourth-order valence-corrected chi connectivity index (χ4v) is 14.8. The van der Waals surface area contributed by atoms with Crippen LogP contribution >= 0.6 is 34.8 Å². The van der Waals surface area contributed by atoms with Gasteiger partial charge in [0.2, 0.25) is 31.9 Å². The number of rotatable bonds is 9. The van der Waals surface area contributed by atoms with Crippen LogP contribution in [0.5, 0.6) is 5.75 Å². The molecule has 9 heterocycles. The van der Waals surface area contributed by atoms with Crippen LogP contribution in [0.2, 0.25) is 15.1 Å². The Labute approximate surface area is 524 Å². The monoisotopic (exact) mass is 1310 g/mol. The average Bonchev–Trinajstić information content (AvgIpc) is 2.96. The molecule has 0 bridgehead atoms. The molecule has 5 aliphatic rings. The molecule has 5 saturated heterocycles. The number of H-pyrrole nitrogens is 4. The summed E-state index contributed by atoms with van der Waals surface area (Å²) in [5.74, 6) is 0.0475. The Hall–Kier alpha value is -6.68. The number of sulfonamides is 2. The summed E-state index contributed by atoms with van der Waals surface area (Å²) in [7, 11) is -1.11.